The van der Waals surface area contributed by atoms with Crippen LogP contribution in [-0.2, 0) is 0 Å². The molecule has 5 fully saturated rings. The maximum atomic E-state index is 1.99. The van der Waals surface area contributed by atoms with Crippen LogP contribution in [-0.4, -0.2) is 0 Å². The van der Waals surface area contributed by atoms with Crippen molar-refractivity contribution in [3.05, 3.63) is 11.1 Å². The maximum Gasteiger partial charge on any atom is -0.0192 e. The fourth-order valence-corrected chi connectivity index (χ4v) is 4.62. The molecule has 5 rings (SSSR count). The molecule has 0 aromatic rings. The van der Waals surface area contributed by atoms with Crippen molar-refractivity contribution in [2.75, 3.05) is 0 Å². The third-order valence-corrected chi connectivity index (χ3v) is 4.93. The summed E-state index contributed by atoms with van der Waals surface area (Å²) in [6.07, 6.45) is 10.8. The van der Waals surface area contributed by atoms with E-state index in [0.29, 0.717) is 0 Å². The van der Waals surface area contributed by atoms with E-state index in [1.807, 2.05) is 11.1 Å². The Labute approximate surface area is 80.4 Å². The van der Waals surface area contributed by atoms with Crippen LogP contribution in [0.2, 0.25) is 0 Å². The molecular formula is C13H18. The second kappa shape index (κ2) is 2.21. The Balaban J connectivity index is 1.78. The first kappa shape index (κ1) is 7.09. The second-order valence-electron chi connectivity index (χ2n) is 5.86. The zero-order valence-corrected chi connectivity index (χ0v) is 8.26. The number of allylic oxidation sites excluding steroid dienone is 2. The molecule has 0 heterocycles. The Morgan fingerprint density at radius 3 is 1.69 bits per heavy atom. The standard InChI is InChI=1S/C13H18/c1-2-10(1)13-11-4-8-3-9(6-11)7-12(13)5-8/h8-9,11-12H,1-7H2. The molecule has 0 aromatic heterocycles. The minimum absolute atomic E-state index is 1.08. The topological polar surface area (TPSA) is 0 Å². The summed E-state index contributed by atoms with van der Waals surface area (Å²) >= 11 is 0. The molecule has 0 spiro atoms. The van der Waals surface area contributed by atoms with Crippen molar-refractivity contribution < 1.29 is 0 Å². The van der Waals surface area contributed by atoms with Gasteiger partial charge in [0.05, 0.1) is 0 Å². The summed E-state index contributed by atoms with van der Waals surface area (Å²) in [4.78, 5) is 0. The van der Waals surface area contributed by atoms with Gasteiger partial charge in [-0.2, -0.15) is 0 Å². The molecule has 0 aliphatic heterocycles. The summed E-state index contributed by atoms with van der Waals surface area (Å²) < 4.78 is 0. The molecule has 0 saturated heterocycles. The molecule has 13 heavy (non-hydrogen) atoms. The van der Waals surface area contributed by atoms with Crippen molar-refractivity contribution in [1.29, 1.82) is 0 Å². The molecule has 0 nitrogen and oxygen atoms in total. The third-order valence-electron chi connectivity index (χ3n) is 4.93. The van der Waals surface area contributed by atoms with Gasteiger partial charge in [0.25, 0.3) is 0 Å². The summed E-state index contributed by atoms with van der Waals surface area (Å²) in [5.74, 6) is 4.44. The molecule has 0 aromatic carbocycles. The highest BCUT2D eigenvalue weighted by atomic mass is 14.5. The van der Waals surface area contributed by atoms with E-state index >= 15 is 0 Å². The van der Waals surface area contributed by atoms with Crippen LogP contribution in [0, 0.1) is 23.7 Å². The Hall–Kier alpha value is -0.260. The lowest BCUT2D eigenvalue weighted by Gasteiger charge is -2.51. The zero-order valence-electron chi connectivity index (χ0n) is 8.26. The fourth-order valence-electron chi connectivity index (χ4n) is 4.62. The number of hydrogen-bond donors (Lipinski definition) is 0. The smallest absolute Gasteiger partial charge is 0.0192 e. The quantitative estimate of drug-likeness (QED) is 0.493. The molecule has 0 atom stereocenters. The Bertz CT molecular complexity index is 248. The van der Waals surface area contributed by atoms with Gasteiger partial charge in [0.1, 0.15) is 0 Å². The van der Waals surface area contributed by atoms with Crippen LogP contribution < -0.4 is 0 Å². The van der Waals surface area contributed by atoms with Gasteiger partial charge in [-0.25, -0.2) is 0 Å². The zero-order chi connectivity index (χ0) is 8.41. The Morgan fingerprint density at radius 1 is 0.692 bits per heavy atom. The van der Waals surface area contributed by atoms with Crippen molar-refractivity contribution in [2.24, 2.45) is 23.7 Å². The minimum atomic E-state index is 1.08. The van der Waals surface area contributed by atoms with Crippen LogP contribution in [0.15, 0.2) is 11.1 Å². The highest BCUT2D eigenvalue weighted by Gasteiger charge is 2.46. The average Bonchev–Trinajstić information content (AvgIpc) is 2.85. The van der Waals surface area contributed by atoms with Crippen molar-refractivity contribution >= 4 is 0 Å². The molecule has 5 saturated carbocycles. The molecule has 0 heteroatoms. The fraction of sp³-hybridized carbons (Fsp3) is 0.846. The van der Waals surface area contributed by atoms with Crippen LogP contribution in [0.4, 0.5) is 0 Å². The molecule has 0 amide bonds. The monoisotopic (exact) mass is 174 g/mol. The predicted octanol–water partition coefficient (Wildman–Crippen LogP) is 3.53. The summed E-state index contributed by atoms with van der Waals surface area (Å²) in [6, 6.07) is 0. The van der Waals surface area contributed by atoms with Gasteiger partial charge in [0.15, 0.2) is 0 Å². The molecular weight excluding hydrogens is 156 g/mol. The minimum Gasteiger partial charge on any atom is -0.0698 e. The normalized spacial score (nSPS) is 51.7. The highest BCUT2D eigenvalue weighted by Crippen LogP contribution is 2.59. The van der Waals surface area contributed by atoms with E-state index in [0.717, 1.165) is 23.7 Å². The van der Waals surface area contributed by atoms with E-state index in [-0.39, 0.29) is 0 Å². The van der Waals surface area contributed by atoms with E-state index < -0.39 is 0 Å². The van der Waals surface area contributed by atoms with Crippen molar-refractivity contribution in [1.82, 2.24) is 0 Å². The van der Waals surface area contributed by atoms with E-state index in [1.165, 1.54) is 12.8 Å². The molecule has 0 N–H and O–H groups in total. The van der Waals surface area contributed by atoms with Gasteiger partial charge in [0, 0.05) is 0 Å². The molecule has 5 aliphatic rings. The molecule has 4 bridgehead atoms. The molecule has 0 unspecified atom stereocenters. The SMILES string of the molecule is C1CC1=C1C2CC3CC(C2)CC1C3. The maximum absolute atomic E-state index is 1.99. The van der Waals surface area contributed by atoms with Crippen LogP contribution in [0.5, 0.6) is 0 Å². The summed E-state index contributed by atoms with van der Waals surface area (Å²) in [7, 11) is 0. The van der Waals surface area contributed by atoms with E-state index in [2.05, 4.69) is 0 Å². The average molecular weight is 174 g/mol. The lowest BCUT2D eigenvalue weighted by molar-refractivity contribution is 0.0691. The molecule has 0 radical (unpaired) electrons. The lowest BCUT2D eigenvalue weighted by Crippen LogP contribution is -2.40. The largest absolute Gasteiger partial charge is 0.0698 e. The van der Waals surface area contributed by atoms with Crippen molar-refractivity contribution in [2.45, 2.75) is 44.9 Å². The van der Waals surface area contributed by atoms with Gasteiger partial charge >= 0.3 is 0 Å². The van der Waals surface area contributed by atoms with Crippen molar-refractivity contribution in [3.63, 3.8) is 0 Å². The molecule has 70 valence electrons. The van der Waals surface area contributed by atoms with E-state index in [4.69, 9.17) is 0 Å². The first-order valence-corrected chi connectivity index (χ1v) is 6.12. The van der Waals surface area contributed by atoms with Gasteiger partial charge in [-0.05, 0) is 68.6 Å². The Kier molecular flexibility index (Phi) is 1.21. The van der Waals surface area contributed by atoms with Crippen LogP contribution in [0.25, 0.3) is 0 Å². The van der Waals surface area contributed by atoms with Gasteiger partial charge in [-0.1, -0.05) is 11.1 Å². The number of rotatable bonds is 0. The molecule has 5 aliphatic carbocycles. The Morgan fingerprint density at radius 2 is 1.23 bits per heavy atom. The van der Waals surface area contributed by atoms with Crippen molar-refractivity contribution in [3.8, 4) is 0 Å². The summed E-state index contributed by atoms with van der Waals surface area (Å²) in [5.41, 5.74) is 3.89. The summed E-state index contributed by atoms with van der Waals surface area (Å²) in [6.45, 7) is 0. The van der Waals surface area contributed by atoms with Gasteiger partial charge in [-0.15, -0.1) is 0 Å². The third kappa shape index (κ3) is 0.923. The van der Waals surface area contributed by atoms with Gasteiger partial charge in [0.2, 0.25) is 0 Å². The number of hydrogen-bond acceptors (Lipinski definition) is 0. The van der Waals surface area contributed by atoms with E-state index in [9.17, 15) is 0 Å². The predicted molar refractivity (Wildman–Crippen MR) is 53.3 cm³/mol. The van der Waals surface area contributed by atoms with Crippen LogP contribution in [0.1, 0.15) is 44.9 Å². The highest BCUT2D eigenvalue weighted by molar-refractivity contribution is 5.32. The second-order valence-corrected chi connectivity index (χ2v) is 5.86. The first-order valence-electron chi connectivity index (χ1n) is 6.12. The first-order chi connectivity index (χ1) is 6.40. The van der Waals surface area contributed by atoms with Crippen LogP contribution in [0.3, 0.4) is 0 Å². The van der Waals surface area contributed by atoms with E-state index in [1.54, 1.807) is 32.1 Å². The lowest BCUT2D eigenvalue weighted by atomic mass is 9.54. The van der Waals surface area contributed by atoms with Gasteiger partial charge < -0.3 is 0 Å². The summed E-state index contributed by atoms with van der Waals surface area (Å²) in [5, 5.41) is 0. The van der Waals surface area contributed by atoms with Gasteiger partial charge in [-0.3, -0.25) is 0 Å². The van der Waals surface area contributed by atoms with Crippen LogP contribution >= 0.6 is 0 Å².